The van der Waals surface area contributed by atoms with Crippen LogP contribution in [0.4, 0.5) is 4.39 Å². The van der Waals surface area contributed by atoms with Crippen molar-refractivity contribution in [1.29, 1.82) is 0 Å². The second-order valence-corrected chi connectivity index (χ2v) is 6.17. The van der Waals surface area contributed by atoms with Crippen LogP contribution in [0.3, 0.4) is 0 Å². The molecule has 0 aliphatic heterocycles. The Morgan fingerprint density at radius 1 is 1.15 bits per heavy atom. The predicted octanol–water partition coefficient (Wildman–Crippen LogP) is 3.45. The average molecular weight is 384 g/mol. The van der Waals surface area contributed by atoms with Crippen LogP contribution in [0.15, 0.2) is 76.8 Å². The van der Waals surface area contributed by atoms with Crippen LogP contribution >= 0.6 is 11.6 Å². The minimum atomic E-state index is -0.626. The highest BCUT2D eigenvalue weighted by molar-refractivity contribution is 6.30. The molecule has 0 radical (unpaired) electrons. The van der Waals surface area contributed by atoms with Gasteiger partial charge in [0.15, 0.2) is 0 Å². The van der Waals surface area contributed by atoms with E-state index in [4.69, 9.17) is 11.6 Å². The molecular formula is C20H15ClFN3O2. The van der Waals surface area contributed by atoms with Gasteiger partial charge in [-0.25, -0.2) is 9.82 Å². The summed E-state index contributed by atoms with van der Waals surface area (Å²) in [5, 5.41) is 4.38. The lowest BCUT2D eigenvalue weighted by molar-refractivity contribution is 0.0953. The van der Waals surface area contributed by atoms with E-state index >= 15 is 0 Å². The SMILES string of the molecule is O=C(N/N=C\c1ccc(F)cc1)c1cccn(Cc2cccc(Cl)c2)c1=O. The van der Waals surface area contributed by atoms with E-state index in [0.29, 0.717) is 17.1 Å². The number of carbonyl (C=O) groups excluding carboxylic acids is 1. The van der Waals surface area contributed by atoms with Gasteiger partial charge in [-0.15, -0.1) is 0 Å². The van der Waals surface area contributed by atoms with Gasteiger partial charge in [-0.05, 0) is 47.5 Å². The van der Waals surface area contributed by atoms with Crippen LogP contribution < -0.4 is 11.0 Å². The number of rotatable bonds is 5. The molecule has 5 nitrogen and oxygen atoms in total. The first-order chi connectivity index (χ1) is 13.0. The van der Waals surface area contributed by atoms with Crippen LogP contribution in [0, 0.1) is 5.82 Å². The number of pyridine rings is 1. The average Bonchev–Trinajstić information content (AvgIpc) is 2.65. The third-order valence-corrected chi connectivity index (χ3v) is 3.99. The zero-order chi connectivity index (χ0) is 19.2. The molecule has 0 spiro atoms. The van der Waals surface area contributed by atoms with E-state index in [1.807, 2.05) is 6.07 Å². The molecule has 0 atom stereocenters. The third kappa shape index (κ3) is 4.89. The number of halogens is 2. The highest BCUT2D eigenvalue weighted by atomic mass is 35.5. The first-order valence-corrected chi connectivity index (χ1v) is 8.43. The first kappa shape index (κ1) is 18.5. The van der Waals surface area contributed by atoms with Crippen molar-refractivity contribution >= 4 is 23.7 Å². The zero-order valence-corrected chi connectivity index (χ0v) is 14.9. The molecule has 0 bridgehead atoms. The van der Waals surface area contributed by atoms with Crippen LogP contribution in [-0.2, 0) is 6.54 Å². The lowest BCUT2D eigenvalue weighted by atomic mass is 10.2. The van der Waals surface area contributed by atoms with Crippen molar-refractivity contribution in [3.05, 3.63) is 105 Å². The molecule has 1 N–H and O–H groups in total. The van der Waals surface area contributed by atoms with Crippen molar-refractivity contribution < 1.29 is 9.18 Å². The molecule has 1 heterocycles. The van der Waals surface area contributed by atoms with E-state index in [1.165, 1.54) is 41.1 Å². The zero-order valence-electron chi connectivity index (χ0n) is 14.1. The summed E-state index contributed by atoms with van der Waals surface area (Å²) in [5.74, 6) is -0.987. The van der Waals surface area contributed by atoms with Crippen LogP contribution in [-0.4, -0.2) is 16.7 Å². The highest BCUT2D eigenvalue weighted by Gasteiger charge is 2.11. The van der Waals surface area contributed by atoms with Gasteiger partial charge in [0.1, 0.15) is 11.4 Å². The Hall–Kier alpha value is -3.25. The number of benzene rings is 2. The van der Waals surface area contributed by atoms with Gasteiger partial charge in [-0.1, -0.05) is 35.9 Å². The molecule has 1 amide bonds. The van der Waals surface area contributed by atoms with Crippen molar-refractivity contribution in [1.82, 2.24) is 9.99 Å². The van der Waals surface area contributed by atoms with Crippen molar-refractivity contribution in [3.63, 3.8) is 0 Å². The minimum Gasteiger partial charge on any atom is -0.310 e. The molecule has 2 aromatic carbocycles. The first-order valence-electron chi connectivity index (χ1n) is 8.06. The Morgan fingerprint density at radius 2 is 1.93 bits per heavy atom. The van der Waals surface area contributed by atoms with Crippen LogP contribution in [0.5, 0.6) is 0 Å². The molecule has 0 saturated carbocycles. The lowest BCUT2D eigenvalue weighted by Gasteiger charge is -2.08. The summed E-state index contributed by atoms with van der Waals surface area (Å²) in [6.07, 6.45) is 2.96. The number of nitrogens with zero attached hydrogens (tertiary/aromatic N) is 2. The summed E-state index contributed by atoms with van der Waals surface area (Å²) >= 11 is 5.96. The molecule has 3 rings (SSSR count). The molecule has 0 fully saturated rings. The number of nitrogens with one attached hydrogen (secondary N) is 1. The minimum absolute atomic E-state index is 0.0317. The topological polar surface area (TPSA) is 63.5 Å². The Morgan fingerprint density at radius 3 is 2.67 bits per heavy atom. The maximum absolute atomic E-state index is 12.9. The summed E-state index contributed by atoms with van der Waals surface area (Å²) in [4.78, 5) is 24.8. The van der Waals surface area contributed by atoms with Crippen LogP contribution in [0.2, 0.25) is 5.02 Å². The summed E-state index contributed by atoms with van der Waals surface area (Å²) in [6, 6.07) is 15.8. The maximum atomic E-state index is 12.9. The maximum Gasteiger partial charge on any atom is 0.276 e. The van der Waals surface area contributed by atoms with Crippen molar-refractivity contribution in [2.24, 2.45) is 5.10 Å². The van der Waals surface area contributed by atoms with E-state index in [0.717, 1.165) is 5.56 Å². The lowest BCUT2D eigenvalue weighted by Crippen LogP contribution is -2.30. The monoisotopic (exact) mass is 383 g/mol. The van der Waals surface area contributed by atoms with E-state index in [1.54, 1.807) is 30.5 Å². The summed E-state index contributed by atoms with van der Waals surface area (Å²) in [7, 11) is 0. The molecule has 27 heavy (non-hydrogen) atoms. The number of carbonyl (C=O) groups is 1. The standard InChI is InChI=1S/C20H15ClFN3O2/c21-16-4-1-3-15(11-16)13-25-10-2-5-18(20(25)27)19(26)24-23-12-14-6-8-17(22)9-7-14/h1-12H,13H2,(H,24,26)/b23-12-. The van der Waals surface area contributed by atoms with E-state index in [2.05, 4.69) is 10.5 Å². The third-order valence-electron chi connectivity index (χ3n) is 3.76. The van der Waals surface area contributed by atoms with Crippen LogP contribution in [0.25, 0.3) is 0 Å². The summed E-state index contributed by atoms with van der Waals surface area (Å²) < 4.78 is 14.3. The number of hydrogen-bond acceptors (Lipinski definition) is 3. The fourth-order valence-corrected chi connectivity index (χ4v) is 2.65. The smallest absolute Gasteiger partial charge is 0.276 e. The summed E-state index contributed by atoms with van der Waals surface area (Å²) in [5.41, 5.74) is 3.29. The molecule has 0 aliphatic carbocycles. The number of aromatic nitrogens is 1. The fraction of sp³-hybridized carbons (Fsp3) is 0.0500. The second-order valence-electron chi connectivity index (χ2n) is 5.74. The van der Waals surface area contributed by atoms with Gasteiger partial charge >= 0.3 is 0 Å². The van der Waals surface area contributed by atoms with Crippen molar-refractivity contribution in [2.75, 3.05) is 0 Å². The van der Waals surface area contributed by atoms with Crippen molar-refractivity contribution in [2.45, 2.75) is 6.54 Å². The van der Waals surface area contributed by atoms with Gasteiger partial charge in [-0.3, -0.25) is 9.59 Å². The number of amides is 1. The van der Waals surface area contributed by atoms with Crippen LogP contribution in [0.1, 0.15) is 21.5 Å². The predicted molar refractivity (Wildman–Crippen MR) is 103 cm³/mol. The largest absolute Gasteiger partial charge is 0.310 e. The molecule has 7 heteroatoms. The molecule has 3 aromatic rings. The quantitative estimate of drug-likeness (QED) is 0.541. The molecule has 1 aromatic heterocycles. The Labute approximate surface area is 159 Å². The Bertz CT molecular complexity index is 1050. The highest BCUT2D eigenvalue weighted by Crippen LogP contribution is 2.11. The van der Waals surface area contributed by atoms with Gasteiger partial charge in [0.2, 0.25) is 0 Å². The van der Waals surface area contributed by atoms with Crippen molar-refractivity contribution in [3.8, 4) is 0 Å². The molecular weight excluding hydrogens is 369 g/mol. The van der Waals surface area contributed by atoms with Gasteiger partial charge in [0.05, 0.1) is 12.8 Å². The molecule has 136 valence electrons. The molecule has 0 unspecified atom stereocenters. The van der Waals surface area contributed by atoms with E-state index in [9.17, 15) is 14.0 Å². The van der Waals surface area contributed by atoms with Gasteiger partial charge in [0, 0.05) is 11.2 Å². The van der Waals surface area contributed by atoms with Gasteiger partial charge < -0.3 is 4.57 Å². The van der Waals surface area contributed by atoms with Gasteiger partial charge in [-0.2, -0.15) is 5.10 Å². The fourth-order valence-electron chi connectivity index (χ4n) is 2.44. The Kier molecular flexibility index (Phi) is 5.78. The van der Waals surface area contributed by atoms with Gasteiger partial charge in [0.25, 0.3) is 11.5 Å². The second kappa shape index (κ2) is 8.42. The number of hydrogen-bond donors (Lipinski definition) is 1. The molecule has 0 aliphatic rings. The summed E-state index contributed by atoms with van der Waals surface area (Å²) in [6.45, 7) is 0.291. The Balaban J connectivity index is 1.73. The molecule has 0 saturated heterocycles. The van der Waals surface area contributed by atoms with E-state index < -0.39 is 11.5 Å². The number of hydrazone groups is 1. The van der Waals surface area contributed by atoms with E-state index in [-0.39, 0.29) is 11.4 Å². The normalized spacial score (nSPS) is 10.9.